The van der Waals surface area contributed by atoms with Crippen LogP contribution in [-0.2, 0) is 21.0 Å². The number of nitrogens with one attached hydrogen (secondary N) is 1. The molecule has 32 heavy (non-hydrogen) atoms. The lowest BCUT2D eigenvalue weighted by Gasteiger charge is -2.40. The quantitative estimate of drug-likeness (QED) is 0.693. The maximum absolute atomic E-state index is 13.6. The topological polar surface area (TPSA) is 93.5 Å². The lowest BCUT2D eigenvalue weighted by Crippen LogP contribution is -2.60. The van der Waals surface area contributed by atoms with E-state index >= 15 is 0 Å². The lowest BCUT2D eigenvalue weighted by atomic mass is 10.1. The molecular formula is C20H18F4N4O3S. The number of piperazine rings is 1. The van der Waals surface area contributed by atoms with E-state index in [0.717, 1.165) is 28.6 Å². The van der Waals surface area contributed by atoms with E-state index in [9.17, 15) is 30.8 Å². The number of halogens is 4. The van der Waals surface area contributed by atoms with Crippen LogP contribution in [0.4, 0.5) is 23.2 Å². The van der Waals surface area contributed by atoms with Crippen molar-refractivity contribution >= 4 is 21.6 Å². The van der Waals surface area contributed by atoms with Gasteiger partial charge in [0.2, 0.25) is 15.9 Å². The first kappa shape index (κ1) is 23.5. The van der Waals surface area contributed by atoms with Crippen LogP contribution in [0.5, 0.6) is 0 Å². The Bertz CT molecular complexity index is 1180. The molecule has 0 aromatic heterocycles. The molecule has 0 saturated carbocycles. The predicted octanol–water partition coefficient (Wildman–Crippen LogP) is 2.34. The van der Waals surface area contributed by atoms with Gasteiger partial charge in [-0.3, -0.25) is 4.79 Å². The fraction of sp³-hybridized carbons (Fsp3) is 0.300. The number of amides is 1. The Hall–Kier alpha value is -3.17. The van der Waals surface area contributed by atoms with Crippen molar-refractivity contribution < 1.29 is 30.8 Å². The Balaban J connectivity index is 1.97. The third-order valence-corrected chi connectivity index (χ3v) is 6.98. The van der Waals surface area contributed by atoms with E-state index in [1.807, 2.05) is 0 Å². The third kappa shape index (κ3) is 4.53. The number of hydrogen-bond donors (Lipinski definition) is 1. The summed E-state index contributed by atoms with van der Waals surface area (Å²) in [6.07, 6.45) is -4.76. The summed E-state index contributed by atoms with van der Waals surface area (Å²) in [6, 6.07) is 7.70. The number of rotatable bonds is 4. The molecule has 3 rings (SSSR count). The molecule has 1 aliphatic rings. The predicted molar refractivity (Wildman–Crippen MR) is 107 cm³/mol. The number of nitriles is 1. The number of nitrogens with zero attached hydrogens (tertiary/aromatic N) is 3. The van der Waals surface area contributed by atoms with E-state index < -0.39 is 45.1 Å². The zero-order chi connectivity index (χ0) is 23.7. The Morgan fingerprint density at radius 3 is 2.50 bits per heavy atom. The van der Waals surface area contributed by atoms with Gasteiger partial charge in [-0.1, -0.05) is 6.07 Å². The largest absolute Gasteiger partial charge is 0.417 e. The summed E-state index contributed by atoms with van der Waals surface area (Å²) >= 11 is 0. The highest BCUT2D eigenvalue weighted by Gasteiger charge is 2.41. The smallest absolute Gasteiger partial charge is 0.368 e. The standard InChI is InChI=1S/C20H18F4N4O3S/c1-26-19(29)18-12-27(15-6-5-13(11-25)17(10-15)20(22,23)24)7-8-28(18)32(30,31)16-4-2-3-14(21)9-16/h2-6,9-10,18H,7-8,12H2,1H3,(H,26,29). The molecule has 0 spiro atoms. The van der Waals surface area contributed by atoms with Crippen molar-refractivity contribution in [1.29, 1.82) is 5.26 Å². The van der Waals surface area contributed by atoms with Crippen molar-refractivity contribution in [2.75, 3.05) is 31.6 Å². The molecule has 7 nitrogen and oxygen atoms in total. The van der Waals surface area contributed by atoms with Crippen LogP contribution in [0.1, 0.15) is 11.1 Å². The van der Waals surface area contributed by atoms with E-state index in [1.54, 1.807) is 0 Å². The van der Waals surface area contributed by atoms with Gasteiger partial charge in [-0.05, 0) is 36.4 Å². The molecule has 0 radical (unpaired) electrons. The number of sulfonamides is 1. The van der Waals surface area contributed by atoms with Crippen molar-refractivity contribution in [1.82, 2.24) is 9.62 Å². The second-order valence-corrected chi connectivity index (χ2v) is 8.88. The first-order chi connectivity index (χ1) is 15.0. The lowest BCUT2D eigenvalue weighted by molar-refractivity contribution is -0.137. The Morgan fingerprint density at radius 1 is 1.19 bits per heavy atom. The van der Waals surface area contributed by atoms with E-state index in [2.05, 4.69) is 5.32 Å². The molecular weight excluding hydrogens is 452 g/mol. The fourth-order valence-corrected chi connectivity index (χ4v) is 5.09. The van der Waals surface area contributed by atoms with Crippen molar-refractivity contribution in [3.8, 4) is 6.07 Å². The highest BCUT2D eigenvalue weighted by molar-refractivity contribution is 7.89. The number of alkyl halides is 3. The Kier molecular flexibility index (Phi) is 6.43. The van der Waals surface area contributed by atoms with Gasteiger partial charge in [0.25, 0.3) is 0 Å². The minimum absolute atomic E-state index is 0.0226. The Morgan fingerprint density at radius 2 is 1.91 bits per heavy atom. The van der Waals surface area contributed by atoms with Crippen LogP contribution in [-0.4, -0.2) is 51.4 Å². The van der Waals surface area contributed by atoms with Crippen LogP contribution < -0.4 is 10.2 Å². The SMILES string of the molecule is CNC(=O)C1CN(c2ccc(C#N)c(C(F)(F)F)c2)CCN1S(=O)(=O)c1cccc(F)c1. The molecule has 1 aliphatic heterocycles. The van der Waals surface area contributed by atoms with Gasteiger partial charge < -0.3 is 10.2 Å². The zero-order valence-electron chi connectivity index (χ0n) is 16.7. The molecule has 1 atom stereocenters. The molecule has 2 aromatic carbocycles. The maximum atomic E-state index is 13.6. The van der Waals surface area contributed by atoms with Crippen LogP contribution in [0.15, 0.2) is 47.4 Å². The minimum atomic E-state index is -4.76. The van der Waals surface area contributed by atoms with Crippen molar-refractivity contribution in [2.24, 2.45) is 0 Å². The molecule has 1 amide bonds. The number of carbonyl (C=O) groups excluding carboxylic acids is 1. The van der Waals surface area contributed by atoms with Crippen LogP contribution in [0.2, 0.25) is 0 Å². The van der Waals surface area contributed by atoms with E-state index in [1.165, 1.54) is 36.2 Å². The first-order valence-electron chi connectivity index (χ1n) is 9.34. The summed E-state index contributed by atoms with van der Waals surface area (Å²) in [5.41, 5.74) is -1.58. The summed E-state index contributed by atoms with van der Waals surface area (Å²) in [7, 11) is -2.95. The molecule has 0 bridgehead atoms. The van der Waals surface area contributed by atoms with E-state index in [0.29, 0.717) is 0 Å². The summed E-state index contributed by atoms with van der Waals surface area (Å²) in [5, 5.41) is 11.3. The molecule has 1 fully saturated rings. The number of anilines is 1. The van der Waals surface area contributed by atoms with Crippen molar-refractivity contribution in [3.63, 3.8) is 0 Å². The molecule has 1 unspecified atom stereocenters. The van der Waals surface area contributed by atoms with Crippen molar-refractivity contribution in [2.45, 2.75) is 17.1 Å². The average Bonchev–Trinajstić information content (AvgIpc) is 2.77. The molecule has 0 aliphatic carbocycles. The number of carbonyl (C=O) groups is 1. The number of hydrogen-bond acceptors (Lipinski definition) is 5. The minimum Gasteiger partial charge on any atom is -0.368 e. The van der Waals surface area contributed by atoms with Gasteiger partial charge in [0, 0.05) is 32.4 Å². The van der Waals surface area contributed by atoms with E-state index in [4.69, 9.17) is 5.26 Å². The summed E-state index contributed by atoms with van der Waals surface area (Å²) < 4.78 is 80.6. The van der Waals surface area contributed by atoms with Crippen LogP contribution in [0.3, 0.4) is 0 Å². The van der Waals surface area contributed by atoms with Gasteiger partial charge >= 0.3 is 6.18 Å². The molecule has 12 heteroatoms. The van der Waals surface area contributed by atoms with Crippen LogP contribution >= 0.6 is 0 Å². The second-order valence-electron chi connectivity index (χ2n) is 6.99. The molecule has 1 N–H and O–H groups in total. The molecule has 1 heterocycles. The zero-order valence-corrected chi connectivity index (χ0v) is 17.5. The highest BCUT2D eigenvalue weighted by Crippen LogP contribution is 2.35. The monoisotopic (exact) mass is 470 g/mol. The van der Waals surface area contributed by atoms with Gasteiger partial charge in [-0.15, -0.1) is 0 Å². The van der Waals surface area contributed by atoms with Gasteiger partial charge in [-0.2, -0.15) is 22.7 Å². The van der Waals surface area contributed by atoms with Gasteiger partial charge in [0.05, 0.1) is 22.1 Å². The van der Waals surface area contributed by atoms with Crippen LogP contribution in [0, 0.1) is 17.1 Å². The first-order valence-corrected chi connectivity index (χ1v) is 10.8. The van der Waals surface area contributed by atoms with Gasteiger partial charge in [-0.25, -0.2) is 12.8 Å². The fourth-order valence-electron chi connectivity index (χ4n) is 3.49. The van der Waals surface area contributed by atoms with Gasteiger partial charge in [0.1, 0.15) is 11.9 Å². The molecule has 1 saturated heterocycles. The van der Waals surface area contributed by atoms with Gasteiger partial charge in [0.15, 0.2) is 0 Å². The third-order valence-electron chi connectivity index (χ3n) is 5.08. The molecule has 170 valence electrons. The Labute approximate surface area is 181 Å². The summed E-state index contributed by atoms with van der Waals surface area (Å²) in [4.78, 5) is 13.6. The molecule has 2 aromatic rings. The number of likely N-dealkylation sites (N-methyl/N-ethyl adjacent to an activating group) is 1. The highest BCUT2D eigenvalue weighted by atomic mass is 32.2. The van der Waals surface area contributed by atoms with Crippen LogP contribution in [0.25, 0.3) is 0 Å². The summed E-state index contributed by atoms with van der Waals surface area (Å²) in [5.74, 6) is -1.43. The van der Waals surface area contributed by atoms with Crippen molar-refractivity contribution in [3.05, 3.63) is 59.4 Å². The summed E-state index contributed by atoms with van der Waals surface area (Å²) in [6.45, 7) is -0.485. The normalized spacial score (nSPS) is 17.6. The average molecular weight is 470 g/mol. The maximum Gasteiger partial charge on any atom is 0.417 e. The van der Waals surface area contributed by atoms with E-state index in [-0.39, 0.29) is 30.2 Å². The second kappa shape index (κ2) is 8.76. The number of benzene rings is 2.